The number of fused-ring (bicyclic) bond motifs is 3. The Hall–Kier alpha value is -2.05. The molecule has 2 unspecified atom stereocenters. The van der Waals surface area contributed by atoms with Gasteiger partial charge in [-0.1, -0.05) is 0 Å². The summed E-state index contributed by atoms with van der Waals surface area (Å²) in [6.07, 6.45) is 9.48. The number of pyridine rings is 1. The largest absolute Gasteiger partial charge is 0.493 e. The summed E-state index contributed by atoms with van der Waals surface area (Å²) in [5, 5.41) is 14.7. The van der Waals surface area contributed by atoms with E-state index in [4.69, 9.17) is 14.5 Å². The van der Waals surface area contributed by atoms with Crippen LogP contribution in [0, 0.1) is 0 Å². The molecule has 0 radical (unpaired) electrons. The van der Waals surface area contributed by atoms with Crippen LogP contribution in [0.25, 0.3) is 10.9 Å². The number of rotatable bonds is 8. The van der Waals surface area contributed by atoms with E-state index in [1.807, 2.05) is 0 Å². The predicted octanol–water partition coefficient (Wildman–Crippen LogP) is 3.92. The number of aliphatic hydroxyl groups is 1. The summed E-state index contributed by atoms with van der Waals surface area (Å²) in [7, 11) is 1.72. The molecule has 2 heterocycles. The van der Waals surface area contributed by atoms with E-state index in [1.165, 1.54) is 42.4 Å². The highest BCUT2D eigenvalue weighted by Crippen LogP contribution is 2.40. The molecule has 168 valence electrons. The van der Waals surface area contributed by atoms with Gasteiger partial charge in [-0.25, -0.2) is 4.98 Å². The topological polar surface area (TPSA) is 66.8 Å². The molecule has 1 saturated heterocycles. The molecule has 0 amide bonds. The SMILES string of the molecule is COc1cc2c3c(c(NC4CCC(O)C4)nc2cc1OCCCN1CCCC1)CCC3. The molecule has 2 N–H and O–H groups in total. The Balaban J connectivity index is 1.37. The van der Waals surface area contributed by atoms with Crippen LogP contribution in [0.4, 0.5) is 5.82 Å². The van der Waals surface area contributed by atoms with Gasteiger partial charge in [0.05, 0.1) is 25.3 Å². The van der Waals surface area contributed by atoms with Crippen molar-refractivity contribution in [3.8, 4) is 11.5 Å². The second kappa shape index (κ2) is 9.21. The van der Waals surface area contributed by atoms with Crippen molar-refractivity contribution in [2.75, 3.05) is 38.7 Å². The van der Waals surface area contributed by atoms with Crippen LogP contribution in [-0.4, -0.2) is 60.5 Å². The van der Waals surface area contributed by atoms with Crippen LogP contribution in [0.5, 0.6) is 11.5 Å². The summed E-state index contributed by atoms with van der Waals surface area (Å²) in [5.74, 6) is 2.58. The van der Waals surface area contributed by atoms with Gasteiger partial charge in [-0.15, -0.1) is 0 Å². The smallest absolute Gasteiger partial charge is 0.163 e. The number of nitrogens with one attached hydrogen (secondary N) is 1. The van der Waals surface area contributed by atoms with Gasteiger partial charge in [0.2, 0.25) is 0 Å². The molecule has 1 aromatic carbocycles. The Morgan fingerprint density at radius 3 is 2.71 bits per heavy atom. The maximum absolute atomic E-state index is 9.92. The highest BCUT2D eigenvalue weighted by Gasteiger charge is 2.27. The first kappa shape index (κ1) is 20.8. The second-order valence-corrected chi connectivity index (χ2v) is 9.35. The van der Waals surface area contributed by atoms with E-state index in [0.29, 0.717) is 12.6 Å². The maximum Gasteiger partial charge on any atom is 0.163 e. The number of anilines is 1. The second-order valence-electron chi connectivity index (χ2n) is 9.35. The first-order valence-corrected chi connectivity index (χ1v) is 12.0. The molecule has 1 aliphatic heterocycles. The van der Waals surface area contributed by atoms with E-state index in [0.717, 1.165) is 74.3 Å². The molecule has 6 heteroatoms. The van der Waals surface area contributed by atoms with Gasteiger partial charge in [0.25, 0.3) is 0 Å². The normalized spacial score (nSPS) is 23.4. The van der Waals surface area contributed by atoms with Crippen molar-refractivity contribution in [3.05, 3.63) is 23.3 Å². The van der Waals surface area contributed by atoms with Gasteiger partial charge in [-0.2, -0.15) is 0 Å². The Morgan fingerprint density at radius 2 is 1.94 bits per heavy atom. The predicted molar refractivity (Wildman–Crippen MR) is 123 cm³/mol. The third kappa shape index (κ3) is 4.46. The first-order chi connectivity index (χ1) is 15.2. The summed E-state index contributed by atoms with van der Waals surface area (Å²) in [4.78, 5) is 7.54. The van der Waals surface area contributed by atoms with E-state index in [-0.39, 0.29) is 6.10 Å². The number of methoxy groups -OCH3 is 1. The van der Waals surface area contributed by atoms with E-state index >= 15 is 0 Å². The molecule has 1 aromatic heterocycles. The number of ether oxygens (including phenoxy) is 2. The van der Waals surface area contributed by atoms with Crippen LogP contribution in [0.2, 0.25) is 0 Å². The molecule has 2 atom stereocenters. The van der Waals surface area contributed by atoms with Gasteiger partial charge in [0.15, 0.2) is 11.5 Å². The van der Waals surface area contributed by atoms with E-state index in [2.05, 4.69) is 22.3 Å². The van der Waals surface area contributed by atoms with E-state index < -0.39 is 0 Å². The van der Waals surface area contributed by atoms with Crippen molar-refractivity contribution in [1.82, 2.24) is 9.88 Å². The summed E-state index contributed by atoms with van der Waals surface area (Å²) < 4.78 is 11.8. The van der Waals surface area contributed by atoms with Gasteiger partial charge < -0.3 is 24.8 Å². The van der Waals surface area contributed by atoms with Gasteiger partial charge in [-0.05, 0) is 88.1 Å². The van der Waals surface area contributed by atoms with Gasteiger partial charge >= 0.3 is 0 Å². The molecule has 0 spiro atoms. The average molecular weight is 426 g/mol. The lowest BCUT2D eigenvalue weighted by Gasteiger charge is -2.19. The van der Waals surface area contributed by atoms with Crippen molar-refractivity contribution in [2.45, 2.75) is 69.9 Å². The van der Waals surface area contributed by atoms with Crippen molar-refractivity contribution >= 4 is 16.7 Å². The average Bonchev–Trinajstić information content (AvgIpc) is 3.53. The number of hydrogen-bond donors (Lipinski definition) is 2. The van der Waals surface area contributed by atoms with Crippen LogP contribution in [0.3, 0.4) is 0 Å². The zero-order valence-electron chi connectivity index (χ0n) is 18.7. The molecule has 1 saturated carbocycles. The van der Waals surface area contributed by atoms with Gasteiger partial charge in [0.1, 0.15) is 5.82 Å². The minimum absolute atomic E-state index is 0.184. The number of benzene rings is 1. The third-order valence-corrected chi connectivity index (χ3v) is 7.16. The minimum atomic E-state index is -0.184. The Bertz CT molecular complexity index is 926. The molecular weight excluding hydrogens is 390 g/mol. The fourth-order valence-corrected chi connectivity index (χ4v) is 5.52. The van der Waals surface area contributed by atoms with E-state index in [1.54, 1.807) is 7.11 Å². The standard InChI is InChI=1S/C25H35N3O3/c1-30-23-15-21-19-6-4-7-20(19)25(26-17-8-9-18(29)14-17)27-22(21)16-24(23)31-13-5-12-28-10-2-3-11-28/h15-18,29H,2-14H2,1H3,(H,26,27). The number of likely N-dealkylation sites (tertiary alicyclic amines) is 1. The van der Waals surface area contributed by atoms with Crippen molar-refractivity contribution in [1.29, 1.82) is 0 Å². The summed E-state index contributed by atoms with van der Waals surface area (Å²) in [6.45, 7) is 4.24. The number of hydrogen-bond acceptors (Lipinski definition) is 6. The maximum atomic E-state index is 9.92. The highest BCUT2D eigenvalue weighted by atomic mass is 16.5. The highest BCUT2D eigenvalue weighted by molar-refractivity contribution is 5.89. The molecule has 2 fully saturated rings. The lowest BCUT2D eigenvalue weighted by atomic mass is 10.0. The van der Waals surface area contributed by atoms with Gasteiger partial charge in [0, 0.05) is 24.0 Å². The summed E-state index contributed by atoms with van der Waals surface area (Å²) in [5.41, 5.74) is 3.71. The van der Waals surface area contributed by atoms with E-state index in [9.17, 15) is 5.11 Å². The van der Waals surface area contributed by atoms with Crippen molar-refractivity contribution in [2.24, 2.45) is 0 Å². The Morgan fingerprint density at radius 1 is 1.10 bits per heavy atom. The Labute approximate surface area is 184 Å². The van der Waals surface area contributed by atoms with Crippen LogP contribution in [0.1, 0.15) is 56.1 Å². The lowest BCUT2D eigenvalue weighted by Crippen LogP contribution is -2.22. The Kier molecular flexibility index (Phi) is 6.19. The molecule has 2 aliphatic carbocycles. The van der Waals surface area contributed by atoms with Gasteiger partial charge in [-0.3, -0.25) is 0 Å². The monoisotopic (exact) mass is 425 g/mol. The molecule has 5 rings (SSSR count). The van der Waals surface area contributed by atoms with Crippen molar-refractivity contribution in [3.63, 3.8) is 0 Å². The zero-order valence-corrected chi connectivity index (χ0v) is 18.7. The van der Waals surface area contributed by atoms with Crippen LogP contribution in [0.15, 0.2) is 12.1 Å². The molecule has 6 nitrogen and oxygen atoms in total. The fraction of sp³-hybridized carbons (Fsp3) is 0.640. The molecule has 31 heavy (non-hydrogen) atoms. The quantitative estimate of drug-likeness (QED) is 0.625. The fourth-order valence-electron chi connectivity index (χ4n) is 5.52. The number of nitrogens with zero attached hydrogens (tertiary/aromatic N) is 2. The third-order valence-electron chi connectivity index (χ3n) is 7.16. The zero-order chi connectivity index (χ0) is 21.2. The number of aromatic nitrogens is 1. The lowest BCUT2D eigenvalue weighted by molar-refractivity contribution is 0.182. The molecule has 2 aromatic rings. The minimum Gasteiger partial charge on any atom is -0.493 e. The molecular formula is C25H35N3O3. The van der Waals surface area contributed by atoms with Crippen LogP contribution >= 0.6 is 0 Å². The number of aryl methyl sites for hydroxylation is 1. The summed E-state index contributed by atoms with van der Waals surface area (Å²) >= 11 is 0. The molecule has 0 bridgehead atoms. The number of aliphatic hydroxyl groups excluding tert-OH is 1. The van der Waals surface area contributed by atoms with Crippen LogP contribution < -0.4 is 14.8 Å². The first-order valence-electron chi connectivity index (χ1n) is 12.0. The molecule has 3 aliphatic rings. The van der Waals surface area contributed by atoms with Crippen molar-refractivity contribution < 1.29 is 14.6 Å². The summed E-state index contributed by atoms with van der Waals surface area (Å²) in [6, 6.07) is 4.48. The van der Waals surface area contributed by atoms with Crippen LogP contribution in [-0.2, 0) is 12.8 Å².